The van der Waals surface area contributed by atoms with Crippen LogP contribution in [-0.4, -0.2) is 38.2 Å². The fraction of sp³-hybridized carbons (Fsp3) is 0.647. The summed E-state index contributed by atoms with van der Waals surface area (Å²) in [6.07, 6.45) is 1.22. The van der Waals surface area contributed by atoms with Gasteiger partial charge in [-0.3, -0.25) is 0 Å². The molecule has 0 aliphatic carbocycles. The molecule has 1 aromatic carbocycles. The molecule has 20 heavy (non-hydrogen) atoms. The first-order valence-corrected chi connectivity index (χ1v) is 7.62. The Morgan fingerprint density at radius 1 is 1.20 bits per heavy atom. The molecule has 0 heterocycles. The van der Waals surface area contributed by atoms with Gasteiger partial charge in [0.05, 0.1) is 6.61 Å². The van der Waals surface area contributed by atoms with E-state index in [1.807, 2.05) is 19.1 Å². The summed E-state index contributed by atoms with van der Waals surface area (Å²) in [5, 5.41) is 3.57. The lowest BCUT2D eigenvalue weighted by Crippen LogP contribution is -2.38. The lowest BCUT2D eigenvalue weighted by Gasteiger charge is -2.26. The van der Waals surface area contributed by atoms with E-state index in [0.717, 1.165) is 24.8 Å². The summed E-state index contributed by atoms with van der Waals surface area (Å²) < 4.78 is 5.66. The van der Waals surface area contributed by atoms with Crippen molar-refractivity contribution >= 4 is 0 Å². The highest BCUT2D eigenvalue weighted by Crippen LogP contribution is 2.17. The number of hydrogen-bond acceptors (Lipinski definition) is 3. The first-order chi connectivity index (χ1) is 9.54. The van der Waals surface area contributed by atoms with Crippen LogP contribution in [0.4, 0.5) is 0 Å². The van der Waals surface area contributed by atoms with Crippen LogP contribution >= 0.6 is 0 Å². The normalized spacial score (nSPS) is 12.9. The smallest absolute Gasteiger partial charge is 0.123 e. The Labute approximate surface area is 124 Å². The minimum Gasteiger partial charge on any atom is -0.494 e. The zero-order valence-electron chi connectivity index (χ0n) is 13.6. The van der Waals surface area contributed by atoms with Gasteiger partial charge >= 0.3 is 0 Å². The van der Waals surface area contributed by atoms with Crippen molar-refractivity contribution in [3.05, 3.63) is 29.8 Å². The topological polar surface area (TPSA) is 24.5 Å². The Kier molecular flexibility index (Phi) is 7.63. The third-order valence-electron chi connectivity index (χ3n) is 3.44. The fourth-order valence-corrected chi connectivity index (χ4v) is 2.34. The lowest BCUT2D eigenvalue weighted by atomic mass is 10.0. The van der Waals surface area contributed by atoms with Gasteiger partial charge in [-0.05, 0) is 39.4 Å². The van der Waals surface area contributed by atoms with Crippen LogP contribution in [0.15, 0.2) is 24.3 Å². The van der Waals surface area contributed by atoms with E-state index in [1.54, 1.807) is 0 Å². The summed E-state index contributed by atoms with van der Waals surface area (Å²) in [5.41, 5.74) is 1.23. The van der Waals surface area contributed by atoms with Gasteiger partial charge in [0.25, 0.3) is 0 Å². The molecule has 0 fully saturated rings. The Morgan fingerprint density at radius 2 is 1.90 bits per heavy atom. The van der Waals surface area contributed by atoms with Crippen molar-refractivity contribution in [3.8, 4) is 5.75 Å². The van der Waals surface area contributed by atoms with Crippen LogP contribution in [0.3, 0.4) is 0 Å². The monoisotopic (exact) mass is 278 g/mol. The number of rotatable bonds is 9. The van der Waals surface area contributed by atoms with Crippen LogP contribution in [0, 0.1) is 5.92 Å². The standard InChI is InChI=1S/C17H30N2O/c1-6-20-17-10-8-7-9-15(17)12-18-13-16(19(4)5)11-14(2)3/h7-10,14,16,18H,6,11-13H2,1-5H3. The summed E-state index contributed by atoms with van der Waals surface area (Å²) in [5.74, 6) is 1.72. The maximum atomic E-state index is 5.66. The average Bonchev–Trinajstić information content (AvgIpc) is 2.39. The van der Waals surface area contributed by atoms with Gasteiger partial charge in [0, 0.05) is 24.7 Å². The Hall–Kier alpha value is -1.06. The number of nitrogens with one attached hydrogen (secondary N) is 1. The third kappa shape index (κ3) is 5.93. The van der Waals surface area contributed by atoms with Crippen molar-refractivity contribution in [1.29, 1.82) is 0 Å². The number of ether oxygens (including phenoxy) is 1. The third-order valence-corrected chi connectivity index (χ3v) is 3.44. The number of para-hydroxylation sites is 1. The van der Waals surface area contributed by atoms with E-state index in [1.165, 1.54) is 12.0 Å². The van der Waals surface area contributed by atoms with E-state index >= 15 is 0 Å². The van der Waals surface area contributed by atoms with E-state index < -0.39 is 0 Å². The summed E-state index contributed by atoms with van der Waals surface area (Å²) in [6.45, 7) is 9.16. The van der Waals surface area contributed by atoms with Gasteiger partial charge < -0.3 is 15.0 Å². The lowest BCUT2D eigenvalue weighted by molar-refractivity contribution is 0.246. The maximum Gasteiger partial charge on any atom is 0.123 e. The van der Waals surface area contributed by atoms with Gasteiger partial charge in [-0.25, -0.2) is 0 Å². The molecule has 0 aliphatic rings. The number of hydrogen-bond donors (Lipinski definition) is 1. The summed E-state index contributed by atoms with van der Waals surface area (Å²) in [4.78, 5) is 2.31. The van der Waals surface area contributed by atoms with Crippen molar-refractivity contribution in [2.45, 2.75) is 39.8 Å². The van der Waals surface area contributed by atoms with Crippen molar-refractivity contribution in [2.75, 3.05) is 27.2 Å². The average molecular weight is 278 g/mol. The second kappa shape index (κ2) is 8.98. The minimum absolute atomic E-state index is 0.578. The van der Waals surface area contributed by atoms with E-state index in [0.29, 0.717) is 12.6 Å². The van der Waals surface area contributed by atoms with Crippen molar-refractivity contribution in [1.82, 2.24) is 10.2 Å². The zero-order chi connectivity index (χ0) is 15.0. The molecule has 0 saturated heterocycles. The molecular formula is C17H30N2O. The summed E-state index contributed by atoms with van der Waals surface area (Å²) in [7, 11) is 4.31. The SMILES string of the molecule is CCOc1ccccc1CNCC(CC(C)C)N(C)C. The maximum absolute atomic E-state index is 5.66. The summed E-state index contributed by atoms with van der Waals surface area (Å²) >= 11 is 0. The molecule has 0 spiro atoms. The Bertz CT molecular complexity index is 377. The second-order valence-corrected chi connectivity index (χ2v) is 5.92. The predicted molar refractivity (Wildman–Crippen MR) is 86.2 cm³/mol. The van der Waals surface area contributed by atoms with E-state index in [-0.39, 0.29) is 0 Å². The molecule has 114 valence electrons. The van der Waals surface area contributed by atoms with E-state index in [9.17, 15) is 0 Å². The van der Waals surface area contributed by atoms with E-state index in [2.05, 4.69) is 50.3 Å². The molecule has 0 bridgehead atoms. The van der Waals surface area contributed by atoms with Crippen LogP contribution in [0.1, 0.15) is 32.8 Å². The van der Waals surface area contributed by atoms with Crippen LogP contribution in [0.5, 0.6) is 5.75 Å². The predicted octanol–water partition coefficient (Wildman–Crippen LogP) is 3.15. The van der Waals surface area contributed by atoms with Crippen molar-refractivity contribution in [3.63, 3.8) is 0 Å². The molecule has 0 aromatic heterocycles. The molecule has 0 saturated carbocycles. The zero-order valence-corrected chi connectivity index (χ0v) is 13.6. The molecule has 0 radical (unpaired) electrons. The fourth-order valence-electron chi connectivity index (χ4n) is 2.34. The molecule has 3 nitrogen and oxygen atoms in total. The molecule has 1 unspecified atom stereocenters. The highest BCUT2D eigenvalue weighted by molar-refractivity contribution is 5.33. The first-order valence-electron chi connectivity index (χ1n) is 7.62. The minimum atomic E-state index is 0.578. The van der Waals surface area contributed by atoms with Gasteiger partial charge in [0.2, 0.25) is 0 Å². The van der Waals surface area contributed by atoms with Gasteiger partial charge in [0.15, 0.2) is 0 Å². The summed E-state index contributed by atoms with van der Waals surface area (Å²) in [6, 6.07) is 8.84. The highest BCUT2D eigenvalue weighted by Gasteiger charge is 2.13. The van der Waals surface area contributed by atoms with E-state index in [4.69, 9.17) is 4.74 Å². The number of likely N-dealkylation sites (N-methyl/N-ethyl adjacent to an activating group) is 1. The highest BCUT2D eigenvalue weighted by atomic mass is 16.5. The van der Waals surface area contributed by atoms with Crippen molar-refractivity contribution < 1.29 is 4.74 Å². The number of nitrogens with zero attached hydrogens (tertiary/aromatic N) is 1. The molecule has 1 rings (SSSR count). The Balaban J connectivity index is 2.50. The second-order valence-electron chi connectivity index (χ2n) is 5.92. The quantitative estimate of drug-likeness (QED) is 0.751. The van der Waals surface area contributed by atoms with Crippen molar-refractivity contribution in [2.24, 2.45) is 5.92 Å². The molecule has 0 aliphatic heterocycles. The van der Waals surface area contributed by atoms with Crippen LogP contribution in [0.25, 0.3) is 0 Å². The van der Waals surface area contributed by atoms with Crippen LogP contribution < -0.4 is 10.1 Å². The van der Waals surface area contributed by atoms with Gasteiger partial charge in [-0.1, -0.05) is 32.0 Å². The van der Waals surface area contributed by atoms with Crippen LogP contribution in [0.2, 0.25) is 0 Å². The molecule has 1 atom stereocenters. The number of benzene rings is 1. The molecule has 3 heteroatoms. The van der Waals surface area contributed by atoms with Gasteiger partial charge in [-0.2, -0.15) is 0 Å². The van der Waals surface area contributed by atoms with Gasteiger partial charge in [0.1, 0.15) is 5.75 Å². The van der Waals surface area contributed by atoms with Crippen LogP contribution in [-0.2, 0) is 6.54 Å². The molecule has 0 amide bonds. The first kappa shape index (κ1) is 17.0. The van der Waals surface area contributed by atoms with Gasteiger partial charge in [-0.15, -0.1) is 0 Å². The molecular weight excluding hydrogens is 248 g/mol. The largest absolute Gasteiger partial charge is 0.494 e. The molecule has 1 aromatic rings. The Morgan fingerprint density at radius 3 is 2.50 bits per heavy atom. The molecule has 1 N–H and O–H groups in total.